The van der Waals surface area contributed by atoms with Gasteiger partial charge in [-0.25, -0.2) is 0 Å². The van der Waals surface area contributed by atoms with Crippen molar-refractivity contribution in [1.29, 1.82) is 0 Å². The molecule has 2 saturated carbocycles. The van der Waals surface area contributed by atoms with E-state index in [0.29, 0.717) is 23.2 Å². The highest BCUT2D eigenvalue weighted by atomic mass is 16.3. The van der Waals surface area contributed by atoms with Crippen molar-refractivity contribution in [3.05, 3.63) is 0 Å². The molecule has 100 valence electrons. The smallest absolute Gasteiger partial charge is 0.0653 e. The van der Waals surface area contributed by atoms with Crippen molar-refractivity contribution in [1.82, 2.24) is 0 Å². The lowest BCUT2D eigenvalue weighted by Crippen LogP contribution is -2.51. The summed E-state index contributed by atoms with van der Waals surface area (Å²) >= 11 is 0. The summed E-state index contributed by atoms with van der Waals surface area (Å²) in [4.78, 5) is 0. The number of aliphatic hydroxyl groups excluding tert-OH is 1. The van der Waals surface area contributed by atoms with Crippen LogP contribution in [0.3, 0.4) is 0 Å². The molecule has 0 aliphatic heterocycles. The molecule has 5 atom stereocenters. The fourth-order valence-electron chi connectivity index (χ4n) is 4.39. The number of rotatable bonds is 2. The van der Waals surface area contributed by atoms with Crippen molar-refractivity contribution in [2.24, 2.45) is 23.2 Å². The molecule has 2 aliphatic carbocycles. The maximum Gasteiger partial charge on any atom is 0.0653 e. The summed E-state index contributed by atoms with van der Waals surface area (Å²) in [6, 6.07) is 0. The Kier molecular flexibility index (Phi) is 3.57. The topological polar surface area (TPSA) is 40.5 Å². The van der Waals surface area contributed by atoms with E-state index in [4.69, 9.17) is 0 Å². The quantitative estimate of drug-likeness (QED) is 0.779. The third-order valence-corrected chi connectivity index (χ3v) is 5.74. The van der Waals surface area contributed by atoms with E-state index < -0.39 is 5.60 Å². The minimum absolute atomic E-state index is 0.288. The van der Waals surface area contributed by atoms with E-state index in [1.54, 1.807) is 0 Å². The molecule has 0 bridgehead atoms. The summed E-state index contributed by atoms with van der Waals surface area (Å²) < 4.78 is 0. The first-order valence-electron chi connectivity index (χ1n) is 7.22. The lowest BCUT2D eigenvalue weighted by atomic mass is 9.52. The van der Waals surface area contributed by atoms with Crippen LogP contribution in [-0.4, -0.2) is 22.4 Å². The largest absolute Gasteiger partial charge is 0.396 e. The molecular formula is C15H28O2. The van der Waals surface area contributed by atoms with Crippen molar-refractivity contribution in [2.45, 2.75) is 64.9 Å². The van der Waals surface area contributed by atoms with Crippen molar-refractivity contribution in [3.8, 4) is 0 Å². The predicted octanol–water partition coefficient (Wildman–Crippen LogP) is 2.97. The van der Waals surface area contributed by atoms with Gasteiger partial charge >= 0.3 is 0 Å². The van der Waals surface area contributed by atoms with Crippen molar-refractivity contribution in [3.63, 3.8) is 0 Å². The zero-order valence-corrected chi connectivity index (χ0v) is 11.6. The Hall–Kier alpha value is -0.0800. The second-order valence-corrected chi connectivity index (χ2v) is 7.11. The van der Waals surface area contributed by atoms with E-state index in [0.717, 1.165) is 12.8 Å². The summed E-state index contributed by atoms with van der Waals surface area (Å²) in [5.74, 6) is 1.41. The molecule has 0 radical (unpaired) electrons. The second kappa shape index (κ2) is 4.55. The molecule has 2 heteroatoms. The van der Waals surface area contributed by atoms with Crippen LogP contribution in [0.5, 0.6) is 0 Å². The Balaban J connectivity index is 2.14. The minimum atomic E-state index is -0.485. The van der Waals surface area contributed by atoms with E-state index in [2.05, 4.69) is 13.8 Å². The van der Waals surface area contributed by atoms with Gasteiger partial charge in [0.1, 0.15) is 0 Å². The lowest BCUT2D eigenvalue weighted by Gasteiger charge is -2.55. The van der Waals surface area contributed by atoms with E-state index >= 15 is 0 Å². The van der Waals surface area contributed by atoms with Gasteiger partial charge in [-0.15, -0.1) is 0 Å². The minimum Gasteiger partial charge on any atom is -0.396 e. The monoisotopic (exact) mass is 240 g/mol. The van der Waals surface area contributed by atoms with E-state index in [9.17, 15) is 10.2 Å². The van der Waals surface area contributed by atoms with Crippen molar-refractivity contribution < 1.29 is 10.2 Å². The van der Waals surface area contributed by atoms with Crippen LogP contribution in [0.25, 0.3) is 0 Å². The van der Waals surface area contributed by atoms with Crippen LogP contribution in [0.1, 0.15) is 59.3 Å². The number of aliphatic hydroxyl groups is 2. The zero-order valence-electron chi connectivity index (χ0n) is 11.6. The van der Waals surface area contributed by atoms with Gasteiger partial charge in [-0.05, 0) is 62.2 Å². The van der Waals surface area contributed by atoms with Crippen LogP contribution in [-0.2, 0) is 0 Å². The zero-order chi connectivity index (χ0) is 12.7. The van der Waals surface area contributed by atoms with Gasteiger partial charge in [0.15, 0.2) is 0 Å². The average Bonchev–Trinajstić information content (AvgIpc) is 2.27. The molecular weight excluding hydrogens is 212 g/mol. The molecule has 1 unspecified atom stereocenters. The van der Waals surface area contributed by atoms with Gasteiger partial charge in [0.25, 0.3) is 0 Å². The first kappa shape index (κ1) is 13.4. The molecule has 0 spiro atoms. The van der Waals surface area contributed by atoms with Gasteiger partial charge in [0, 0.05) is 6.61 Å². The summed E-state index contributed by atoms with van der Waals surface area (Å²) in [6.07, 6.45) is 6.95. The lowest BCUT2D eigenvalue weighted by molar-refractivity contribution is -0.128. The number of fused-ring (bicyclic) bond motifs is 1. The van der Waals surface area contributed by atoms with Crippen LogP contribution < -0.4 is 0 Å². The highest BCUT2D eigenvalue weighted by molar-refractivity contribution is 5.01. The Labute approximate surface area is 105 Å². The molecule has 0 amide bonds. The fraction of sp³-hybridized carbons (Fsp3) is 1.00. The van der Waals surface area contributed by atoms with Gasteiger partial charge in [-0.1, -0.05) is 20.3 Å². The molecule has 17 heavy (non-hydrogen) atoms. The first-order chi connectivity index (χ1) is 7.89. The average molecular weight is 240 g/mol. The number of hydrogen-bond donors (Lipinski definition) is 2. The Morgan fingerprint density at radius 3 is 2.59 bits per heavy atom. The molecule has 0 saturated heterocycles. The molecule has 2 fully saturated rings. The van der Waals surface area contributed by atoms with Crippen molar-refractivity contribution in [2.75, 3.05) is 6.61 Å². The molecule has 2 aliphatic rings. The highest BCUT2D eigenvalue weighted by Gasteiger charge is 2.51. The van der Waals surface area contributed by atoms with Crippen LogP contribution in [0.2, 0.25) is 0 Å². The SMILES string of the molecule is CC(CO)[C@@H]1CC[C@@]2(C)CCC[C@](C)(O)[C@@H]2C1. The van der Waals surface area contributed by atoms with Gasteiger partial charge in [0.05, 0.1) is 5.60 Å². The third-order valence-electron chi connectivity index (χ3n) is 5.74. The van der Waals surface area contributed by atoms with E-state index in [1.807, 2.05) is 6.92 Å². The Bertz CT molecular complexity index is 274. The summed E-state index contributed by atoms with van der Waals surface area (Å²) in [5.41, 5.74) is -0.145. The molecule has 2 nitrogen and oxygen atoms in total. The fourth-order valence-corrected chi connectivity index (χ4v) is 4.39. The molecule has 0 aromatic carbocycles. The summed E-state index contributed by atoms with van der Waals surface area (Å²) in [5, 5.41) is 20.0. The number of hydrogen-bond acceptors (Lipinski definition) is 2. The Morgan fingerprint density at radius 1 is 1.24 bits per heavy atom. The van der Waals surface area contributed by atoms with Crippen molar-refractivity contribution >= 4 is 0 Å². The van der Waals surface area contributed by atoms with Gasteiger partial charge in [-0.3, -0.25) is 0 Å². The molecule has 0 aromatic heterocycles. The normalized spacial score (nSPS) is 48.5. The highest BCUT2D eigenvalue weighted by Crippen LogP contribution is 2.56. The molecule has 2 N–H and O–H groups in total. The second-order valence-electron chi connectivity index (χ2n) is 7.11. The van der Waals surface area contributed by atoms with Crippen LogP contribution in [0, 0.1) is 23.2 Å². The van der Waals surface area contributed by atoms with Crippen LogP contribution in [0.15, 0.2) is 0 Å². The summed E-state index contributed by atoms with van der Waals surface area (Å²) in [6.45, 7) is 6.83. The van der Waals surface area contributed by atoms with Crippen LogP contribution in [0.4, 0.5) is 0 Å². The maximum absolute atomic E-state index is 10.6. The first-order valence-corrected chi connectivity index (χ1v) is 7.22. The third kappa shape index (κ3) is 2.39. The maximum atomic E-state index is 10.6. The standard InChI is InChI=1S/C15H28O2/c1-11(10-16)12-5-8-14(2)6-4-7-15(3,17)13(14)9-12/h11-13,16-17H,4-10H2,1-3H3/t11?,12-,13-,14-,15+/m1/s1. The molecule has 0 heterocycles. The predicted molar refractivity (Wildman–Crippen MR) is 69.7 cm³/mol. The Morgan fingerprint density at radius 2 is 1.94 bits per heavy atom. The van der Waals surface area contributed by atoms with Gasteiger partial charge in [0.2, 0.25) is 0 Å². The molecule has 2 rings (SSSR count). The van der Waals surface area contributed by atoms with Crippen LogP contribution >= 0.6 is 0 Å². The van der Waals surface area contributed by atoms with E-state index in [1.165, 1.54) is 25.7 Å². The summed E-state index contributed by atoms with van der Waals surface area (Å²) in [7, 11) is 0. The van der Waals surface area contributed by atoms with Gasteiger partial charge < -0.3 is 10.2 Å². The van der Waals surface area contributed by atoms with Gasteiger partial charge in [-0.2, -0.15) is 0 Å². The van der Waals surface area contributed by atoms with E-state index in [-0.39, 0.29) is 6.61 Å². The molecule has 0 aromatic rings.